The molecule has 0 saturated carbocycles. The van der Waals surface area contributed by atoms with E-state index in [-0.39, 0.29) is 0 Å². The van der Waals surface area contributed by atoms with Crippen LogP contribution >= 0.6 is 0 Å². The van der Waals surface area contributed by atoms with Gasteiger partial charge in [0.1, 0.15) is 11.6 Å². The highest BCUT2D eigenvalue weighted by Gasteiger charge is 2.08. The Balaban J connectivity index is 2.21. The molecular weight excluding hydrogens is 240 g/mol. The summed E-state index contributed by atoms with van der Waals surface area (Å²) in [6.45, 7) is 3.60. The van der Waals surface area contributed by atoms with Crippen LogP contribution in [-0.4, -0.2) is 22.2 Å². The van der Waals surface area contributed by atoms with E-state index >= 15 is 0 Å². The Kier molecular flexibility index (Phi) is 4.12. The molecule has 100 valence electrons. The van der Waals surface area contributed by atoms with Gasteiger partial charge in [0.05, 0.1) is 13.2 Å². The molecule has 0 radical (unpaired) electrons. The molecule has 0 aliphatic heterocycles. The molecular formula is C15H18N2O2. The van der Waals surface area contributed by atoms with Gasteiger partial charge in [-0.2, -0.15) is 0 Å². The summed E-state index contributed by atoms with van der Waals surface area (Å²) in [5.41, 5.74) is 2.70. The Labute approximate surface area is 113 Å². The average Bonchev–Trinajstić information content (AvgIpc) is 2.38. The van der Waals surface area contributed by atoms with E-state index in [1.807, 2.05) is 31.2 Å². The molecule has 2 rings (SSSR count). The van der Waals surface area contributed by atoms with Crippen LogP contribution in [0.25, 0.3) is 0 Å². The number of aromatic nitrogens is 2. The molecule has 0 unspecified atom stereocenters. The SMILES string of the molecule is COc1cccc(Cc2ncc([C@H](C)O)c(C)n2)c1. The molecule has 0 aliphatic carbocycles. The Bertz CT molecular complexity index is 568. The number of hydrogen-bond acceptors (Lipinski definition) is 4. The lowest BCUT2D eigenvalue weighted by Crippen LogP contribution is -2.04. The van der Waals surface area contributed by atoms with Gasteiger partial charge in [-0.1, -0.05) is 12.1 Å². The molecule has 0 aliphatic rings. The van der Waals surface area contributed by atoms with Gasteiger partial charge in [0, 0.05) is 23.9 Å². The van der Waals surface area contributed by atoms with Crippen molar-refractivity contribution in [2.24, 2.45) is 0 Å². The van der Waals surface area contributed by atoms with Gasteiger partial charge in [0.2, 0.25) is 0 Å². The normalized spacial score (nSPS) is 12.2. The second kappa shape index (κ2) is 5.80. The number of nitrogens with zero attached hydrogens (tertiary/aromatic N) is 2. The van der Waals surface area contributed by atoms with E-state index < -0.39 is 6.10 Å². The predicted molar refractivity (Wildman–Crippen MR) is 73.2 cm³/mol. The monoisotopic (exact) mass is 258 g/mol. The van der Waals surface area contributed by atoms with Crippen molar-refractivity contribution in [3.63, 3.8) is 0 Å². The second-order valence-electron chi connectivity index (χ2n) is 4.53. The van der Waals surface area contributed by atoms with E-state index in [2.05, 4.69) is 9.97 Å². The van der Waals surface area contributed by atoms with E-state index in [1.165, 1.54) is 0 Å². The van der Waals surface area contributed by atoms with Crippen LogP contribution in [0.5, 0.6) is 5.75 Å². The fraction of sp³-hybridized carbons (Fsp3) is 0.333. The highest BCUT2D eigenvalue weighted by atomic mass is 16.5. The molecule has 4 nitrogen and oxygen atoms in total. The lowest BCUT2D eigenvalue weighted by atomic mass is 10.1. The molecule has 1 aromatic heterocycles. The minimum atomic E-state index is -0.536. The minimum Gasteiger partial charge on any atom is -0.497 e. The fourth-order valence-electron chi connectivity index (χ4n) is 1.98. The standard InChI is InChI=1S/C15H18N2O2/c1-10-14(11(2)18)9-16-15(17-10)8-12-5-4-6-13(7-12)19-3/h4-7,9,11,18H,8H2,1-3H3/t11-/m0/s1. The molecule has 0 saturated heterocycles. The third-order valence-electron chi connectivity index (χ3n) is 3.01. The van der Waals surface area contributed by atoms with Crippen LogP contribution in [0.2, 0.25) is 0 Å². The first kappa shape index (κ1) is 13.5. The summed E-state index contributed by atoms with van der Waals surface area (Å²) in [5, 5.41) is 9.56. The van der Waals surface area contributed by atoms with E-state index in [0.29, 0.717) is 6.42 Å². The van der Waals surface area contributed by atoms with Crippen LogP contribution in [0.1, 0.15) is 35.7 Å². The van der Waals surface area contributed by atoms with Crippen LogP contribution < -0.4 is 4.74 Å². The topological polar surface area (TPSA) is 55.2 Å². The highest BCUT2D eigenvalue weighted by molar-refractivity contribution is 5.30. The van der Waals surface area contributed by atoms with Crippen LogP contribution in [0, 0.1) is 6.92 Å². The smallest absolute Gasteiger partial charge is 0.132 e. The Morgan fingerprint density at radius 3 is 2.79 bits per heavy atom. The lowest BCUT2D eigenvalue weighted by molar-refractivity contribution is 0.197. The van der Waals surface area contributed by atoms with Crippen LogP contribution in [-0.2, 0) is 6.42 Å². The predicted octanol–water partition coefficient (Wildman–Crippen LogP) is 2.44. The number of aliphatic hydroxyl groups excluding tert-OH is 1. The van der Waals surface area contributed by atoms with Crippen LogP contribution in [0.3, 0.4) is 0 Å². The number of aliphatic hydroxyl groups is 1. The molecule has 1 heterocycles. The third kappa shape index (κ3) is 3.29. The summed E-state index contributed by atoms with van der Waals surface area (Å²) in [6, 6.07) is 7.85. The van der Waals surface area contributed by atoms with Gasteiger partial charge < -0.3 is 9.84 Å². The van der Waals surface area contributed by atoms with Crippen molar-refractivity contribution in [3.05, 3.63) is 53.1 Å². The van der Waals surface area contributed by atoms with Gasteiger partial charge in [-0.25, -0.2) is 9.97 Å². The summed E-state index contributed by atoms with van der Waals surface area (Å²) >= 11 is 0. The van der Waals surface area contributed by atoms with Gasteiger partial charge in [-0.3, -0.25) is 0 Å². The lowest BCUT2D eigenvalue weighted by Gasteiger charge is -2.09. The zero-order valence-corrected chi connectivity index (χ0v) is 11.4. The molecule has 0 spiro atoms. The van der Waals surface area contributed by atoms with Gasteiger partial charge >= 0.3 is 0 Å². The maximum Gasteiger partial charge on any atom is 0.132 e. The second-order valence-corrected chi connectivity index (χ2v) is 4.53. The van der Waals surface area contributed by atoms with Gasteiger partial charge in [0.15, 0.2) is 0 Å². The molecule has 0 fully saturated rings. The Hall–Kier alpha value is -1.94. The van der Waals surface area contributed by atoms with Crippen LogP contribution in [0.15, 0.2) is 30.5 Å². The number of aryl methyl sites for hydroxylation is 1. The van der Waals surface area contributed by atoms with Crippen molar-refractivity contribution in [2.75, 3.05) is 7.11 Å². The summed E-state index contributed by atoms with van der Waals surface area (Å²) in [5.74, 6) is 1.57. The first-order chi connectivity index (χ1) is 9.10. The maximum atomic E-state index is 9.56. The quantitative estimate of drug-likeness (QED) is 0.915. The number of ether oxygens (including phenoxy) is 1. The summed E-state index contributed by atoms with van der Waals surface area (Å²) < 4.78 is 5.19. The van der Waals surface area contributed by atoms with Gasteiger partial charge in [-0.05, 0) is 31.5 Å². The average molecular weight is 258 g/mol. The largest absolute Gasteiger partial charge is 0.497 e. The fourth-order valence-corrected chi connectivity index (χ4v) is 1.98. The van der Waals surface area contributed by atoms with Crippen molar-refractivity contribution in [1.29, 1.82) is 0 Å². The number of benzene rings is 1. The zero-order chi connectivity index (χ0) is 13.8. The molecule has 1 atom stereocenters. The number of methoxy groups -OCH3 is 1. The third-order valence-corrected chi connectivity index (χ3v) is 3.01. The van der Waals surface area contributed by atoms with E-state index in [4.69, 9.17) is 4.74 Å². The summed E-state index contributed by atoms with van der Waals surface area (Å²) in [6.07, 6.45) is 1.81. The van der Waals surface area contributed by atoms with Crippen molar-refractivity contribution in [2.45, 2.75) is 26.4 Å². The molecule has 1 N–H and O–H groups in total. The van der Waals surface area contributed by atoms with Crippen molar-refractivity contribution in [1.82, 2.24) is 9.97 Å². The highest BCUT2D eigenvalue weighted by Crippen LogP contribution is 2.17. The molecule has 19 heavy (non-hydrogen) atoms. The zero-order valence-electron chi connectivity index (χ0n) is 11.4. The molecule has 2 aromatic rings. The molecule has 4 heteroatoms. The van der Waals surface area contributed by atoms with Gasteiger partial charge in [-0.15, -0.1) is 0 Å². The number of rotatable bonds is 4. The summed E-state index contributed by atoms with van der Waals surface area (Å²) in [4.78, 5) is 8.73. The first-order valence-corrected chi connectivity index (χ1v) is 6.23. The van der Waals surface area contributed by atoms with E-state index in [1.54, 1.807) is 20.2 Å². The van der Waals surface area contributed by atoms with E-state index in [9.17, 15) is 5.11 Å². The van der Waals surface area contributed by atoms with E-state index in [0.717, 1.165) is 28.4 Å². The molecule has 1 aromatic carbocycles. The van der Waals surface area contributed by atoms with Crippen molar-refractivity contribution in [3.8, 4) is 5.75 Å². The Morgan fingerprint density at radius 1 is 1.37 bits per heavy atom. The van der Waals surface area contributed by atoms with Crippen molar-refractivity contribution < 1.29 is 9.84 Å². The van der Waals surface area contributed by atoms with Crippen LogP contribution in [0.4, 0.5) is 0 Å². The minimum absolute atomic E-state index is 0.536. The molecule has 0 bridgehead atoms. The molecule has 0 amide bonds. The number of hydrogen-bond donors (Lipinski definition) is 1. The van der Waals surface area contributed by atoms with Gasteiger partial charge in [0.25, 0.3) is 0 Å². The summed E-state index contributed by atoms with van der Waals surface area (Å²) in [7, 11) is 1.65. The first-order valence-electron chi connectivity index (χ1n) is 6.23. The maximum absolute atomic E-state index is 9.56. The Morgan fingerprint density at radius 2 is 2.16 bits per heavy atom. The van der Waals surface area contributed by atoms with Crippen molar-refractivity contribution >= 4 is 0 Å².